The van der Waals surface area contributed by atoms with E-state index in [0.29, 0.717) is 22.7 Å². The number of benzene rings is 1. The van der Waals surface area contributed by atoms with Crippen molar-refractivity contribution in [2.24, 2.45) is 12.8 Å². The Bertz CT molecular complexity index is 549. The van der Waals surface area contributed by atoms with Crippen LogP contribution in [0.15, 0.2) is 24.4 Å². The molecule has 0 spiro atoms. The van der Waals surface area contributed by atoms with Gasteiger partial charge in [-0.15, -0.1) is 0 Å². The summed E-state index contributed by atoms with van der Waals surface area (Å²) in [6, 6.07) is 3.31. The van der Waals surface area contributed by atoms with E-state index in [9.17, 15) is 8.78 Å². The minimum absolute atomic E-state index is 0.358. The van der Waals surface area contributed by atoms with Gasteiger partial charge in [-0.05, 0) is 24.1 Å². The first-order valence-corrected chi connectivity index (χ1v) is 5.73. The highest BCUT2D eigenvalue weighted by Gasteiger charge is 2.16. The molecule has 0 aliphatic heterocycles. The summed E-state index contributed by atoms with van der Waals surface area (Å²) in [6.07, 6.45) is 1.86. The summed E-state index contributed by atoms with van der Waals surface area (Å²) in [5, 5.41) is 4.45. The molecule has 1 atom stereocenters. The summed E-state index contributed by atoms with van der Waals surface area (Å²) in [5.41, 5.74) is 7.28. The largest absolute Gasteiger partial charge is 0.322 e. The molecule has 1 unspecified atom stereocenters. The highest BCUT2D eigenvalue weighted by atomic mass is 35.5. The van der Waals surface area contributed by atoms with Gasteiger partial charge >= 0.3 is 0 Å². The maximum Gasteiger partial charge on any atom is 0.159 e. The zero-order valence-electron chi connectivity index (χ0n) is 9.70. The molecule has 1 aromatic heterocycles. The van der Waals surface area contributed by atoms with Crippen LogP contribution in [0.5, 0.6) is 0 Å². The van der Waals surface area contributed by atoms with Crippen molar-refractivity contribution in [2.75, 3.05) is 0 Å². The number of rotatable bonds is 3. The van der Waals surface area contributed by atoms with Crippen molar-refractivity contribution in [2.45, 2.75) is 12.5 Å². The van der Waals surface area contributed by atoms with Crippen LogP contribution >= 0.6 is 11.6 Å². The predicted octanol–water partition coefficient (Wildman–Crippen LogP) is 2.59. The van der Waals surface area contributed by atoms with Crippen LogP contribution in [-0.2, 0) is 13.5 Å². The first-order valence-electron chi connectivity index (χ1n) is 5.36. The summed E-state index contributed by atoms with van der Waals surface area (Å²) in [5.74, 6) is -1.75. The smallest absolute Gasteiger partial charge is 0.159 e. The Morgan fingerprint density at radius 3 is 2.67 bits per heavy atom. The Morgan fingerprint density at radius 2 is 2.11 bits per heavy atom. The third kappa shape index (κ3) is 2.52. The van der Waals surface area contributed by atoms with Gasteiger partial charge in [0.1, 0.15) is 0 Å². The van der Waals surface area contributed by atoms with Crippen molar-refractivity contribution >= 4 is 11.6 Å². The van der Waals surface area contributed by atoms with E-state index in [1.54, 1.807) is 11.7 Å². The van der Waals surface area contributed by atoms with Crippen LogP contribution in [-0.4, -0.2) is 9.78 Å². The minimum atomic E-state index is -0.879. The van der Waals surface area contributed by atoms with Gasteiger partial charge in [-0.25, -0.2) is 8.78 Å². The van der Waals surface area contributed by atoms with Crippen LogP contribution in [0.4, 0.5) is 8.78 Å². The van der Waals surface area contributed by atoms with E-state index >= 15 is 0 Å². The van der Waals surface area contributed by atoms with Crippen LogP contribution < -0.4 is 5.73 Å². The molecule has 0 aliphatic carbocycles. The molecular weight excluding hydrogens is 260 g/mol. The van der Waals surface area contributed by atoms with E-state index in [1.807, 2.05) is 0 Å². The van der Waals surface area contributed by atoms with Crippen molar-refractivity contribution in [3.63, 3.8) is 0 Å². The van der Waals surface area contributed by atoms with Crippen molar-refractivity contribution in [1.29, 1.82) is 0 Å². The summed E-state index contributed by atoms with van der Waals surface area (Å²) in [7, 11) is 1.73. The first kappa shape index (κ1) is 13.0. The summed E-state index contributed by atoms with van der Waals surface area (Å²) in [6.45, 7) is 0. The fourth-order valence-corrected chi connectivity index (χ4v) is 2.16. The zero-order valence-corrected chi connectivity index (χ0v) is 10.5. The van der Waals surface area contributed by atoms with E-state index in [2.05, 4.69) is 5.10 Å². The quantitative estimate of drug-likeness (QED) is 0.932. The molecule has 1 heterocycles. The molecule has 0 radical (unpaired) electrons. The monoisotopic (exact) mass is 271 g/mol. The van der Waals surface area contributed by atoms with Crippen molar-refractivity contribution < 1.29 is 8.78 Å². The van der Waals surface area contributed by atoms with Crippen molar-refractivity contribution in [3.8, 4) is 0 Å². The molecule has 3 nitrogen and oxygen atoms in total. The van der Waals surface area contributed by atoms with Gasteiger partial charge in [0, 0.05) is 7.05 Å². The number of hydrogen-bond acceptors (Lipinski definition) is 2. The minimum Gasteiger partial charge on any atom is -0.322 e. The standard InChI is InChI=1S/C12H12ClF2N3/c1-18-12(8(13)6-17-18)11(16)5-7-2-3-9(14)10(15)4-7/h2-4,6,11H,5,16H2,1H3. The van der Waals surface area contributed by atoms with Gasteiger partial charge in [-0.1, -0.05) is 17.7 Å². The number of aryl methyl sites for hydroxylation is 1. The molecule has 2 aromatic rings. The molecule has 2 N–H and O–H groups in total. The molecule has 0 fully saturated rings. The van der Waals surface area contributed by atoms with Crippen molar-refractivity contribution in [1.82, 2.24) is 9.78 Å². The van der Waals surface area contributed by atoms with Gasteiger partial charge < -0.3 is 5.73 Å². The number of halogens is 3. The Morgan fingerprint density at radius 1 is 1.39 bits per heavy atom. The summed E-state index contributed by atoms with van der Waals surface area (Å²) >= 11 is 5.97. The number of hydrogen-bond donors (Lipinski definition) is 1. The lowest BCUT2D eigenvalue weighted by atomic mass is 10.0. The molecule has 2 rings (SSSR count). The SMILES string of the molecule is Cn1ncc(Cl)c1C(N)Cc1ccc(F)c(F)c1. The second-order valence-electron chi connectivity index (χ2n) is 4.06. The van der Waals surface area contributed by atoms with Crippen LogP contribution in [0.3, 0.4) is 0 Å². The van der Waals surface area contributed by atoms with E-state index in [1.165, 1.54) is 12.3 Å². The Hall–Kier alpha value is -1.46. The highest BCUT2D eigenvalue weighted by molar-refractivity contribution is 6.31. The molecule has 1 aromatic carbocycles. The number of nitrogens with zero attached hydrogens (tertiary/aromatic N) is 2. The third-order valence-corrected chi connectivity index (χ3v) is 3.02. The van der Waals surface area contributed by atoms with Gasteiger partial charge in [0.15, 0.2) is 11.6 Å². The third-order valence-electron chi connectivity index (χ3n) is 2.73. The van der Waals surface area contributed by atoms with Crippen molar-refractivity contribution in [3.05, 3.63) is 52.3 Å². The second-order valence-corrected chi connectivity index (χ2v) is 4.47. The average Bonchev–Trinajstić information content (AvgIpc) is 2.64. The lowest BCUT2D eigenvalue weighted by Gasteiger charge is -2.13. The molecule has 96 valence electrons. The van der Waals surface area contributed by atoms with Crippen LogP contribution in [0.2, 0.25) is 5.02 Å². The molecule has 0 saturated carbocycles. The summed E-state index contributed by atoms with van der Waals surface area (Å²) in [4.78, 5) is 0. The van der Waals surface area contributed by atoms with Gasteiger partial charge in [0.25, 0.3) is 0 Å². The Labute approximate surface area is 108 Å². The molecular formula is C12H12ClF2N3. The maximum atomic E-state index is 13.1. The first-order chi connectivity index (χ1) is 8.49. The van der Waals surface area contributed by atoms with Crippen LogP contribution in [0, 0.1) is 11.6 Å². The Kier molecular flexibility index (Phi) is 3.63. The maximum absolute atomic E-state index is 13.1. The molecule has 6 heteroatoms. The summed E-state index contributed by atoms with van der Waals surface area (Å²) < 4.78 is 27.4. The highest BCUT2D eigenvalue weighted by Crippen LogP contribution is 2.23. The second kappa shape index (κ2) is 5.04. The molecule has 18 heavy (non-hydrogen) atoms. The number of aromatic nitrogens is 2. The van der Waals surface area contributed by atoms with E-state index < -0.39 is 17.7 Å². The van der Waals surface area contributed by atoms with E-state index in [4.69, 9.17) is 17.3 Å². The Balaban J connectivity index is 2.21. The van der Waals surface area contributed by atoms with Crippen LogP contribution in [0.1, 0.15) is 17.3 Å². The molecule has 0 saturated heterocycles. The molecule has 0 bridgehead atoms. The lowest BCUT2D eigenvalue weighted by molar-refractivity contribution is 0.505. The zero-order chi connectivity index (χ0) is 13.3. The lowest BCUT2D eigenvalue weighted by Crippen LogP contribution is -2.17. The molecule has 0 aliphatic rings. The van der Waals surface area contributed by atoms with Gasteiger partial charge in [0.2, 0.25) is 0 Å². The fraction of sp³-hybridized carbons (Fsp3) is 0.250. The topological polar surface area (TPSA) is 43.8 Å². The normalized spacial score (nSPS) is 12.7. The van der Waals surface area contributed by atoms with E-state index in [-0.39, 0.29) is 0 Å². The van der Waals surface area contributed by atoms with Gasteiger partial charge in [-0.3, -0.25) is 4.68 Å². The number of nitrogens with two attached hydrogens (primary N) is 1. The van der Waals surface area contributed by atoms with Crippen LogP contribution in [0.25, 0.3) is 0 Å². The molecule has 0 amide bonds. The van der Waals surface area contributed by atoms with Gasteiger partial charge in [-0.2, -0.15) is 5.10 Å². The van der Waals surface area contributed by atoms with E-state index in [0.717, 1.165) is 12.1 Å². The predicted molar refractivity (Wildman–Crippen MR) is 65.2 cm³/mol. The average molecular weight is 272 g/mol. The fourth-order valence-electron chi connectivity index (χ4n) is 1.85. The van der Waals surface area contributed by atoms with Gasteiger partial charge in [0.05, 0.1) is 23.0 Å².